The van der Waals surface area contributed by atoms with Crippen LogP contribution >= 0.6 is 0 Å². The van der Waals surface area contributed by atoms with Gasteiger partial charge in [0, 0.05) is 56.5 Å². The molecular formula is C30H34F4N6O3. The largest absolute Gasteiger partial charge is 0.416 e. The van der Waals surface area contributed by atoms with Crippen molar-refractivity contribution in [1.82, 2.24) is 25.3 Å². The van der Waals surface area contributed by atoms with Crippen molar-refractivity contribution in [2.75, 3.05) is 37.7 Å². The van der Waals surface area contributed by atoms with Gasteiger partial charge in [0.25, 0.3) is 5.91 Å². The minimum absolute atomic E-state index is 0.104. The molecule has 3 aromatic rings. The van der Waals surface area contributed by atoms with Crippen LogP contribution in [0.3, 0.4) is 0 Å². The zero-order chi connectivity index (χ0) is 30.3. The monoisotopic (exact) mass is 602 g/mol. The number of ether oxygens (including phenoxy) is 1. The van der Waals surface area contributed by atoms with Gasteiger partial charge in [-0.25, -0.2) is 14.4 Å². The van der Waals surface area contributed by atoms with Gasteiger partial charge in [-0.1, -0.05) is 11.2 Å². The number of halogens is 4. The molecule has 1 amide bonds. The van der Waals surface area contributed by atoms with Gasteiger partial charge in [-0.15, -0.1) is 0 Å². The standard InChI is InChI=1S/C30H34F4N6O3/c1-17-13-25(38-43-17)27-36-26(29(41)39-10-6-22(7-11-39)35-24-8-12-42-16-23(24)31)18(2)28(37-27)40-9-5-19-14-21(30(32,33)34)4-3-20(19)15-40/h3-4,13-14,22-24,35H,5-12,15-16H2,1-2H3. The zero-order valence-electron chi connectivity index (χ0n) is 24.1. The van der Waals surface area contributed by atoms with Crippen LogP contribution in [0, 0.1) is 13.8 Å². The third-order valence-electron chi connectivity index (χ3n) is 8.54. The number of carbonyl (C=O) groups is 1. The molecule has 0 bridgehead atoms. The number of anilines is 1. The normalized spacial score (nSPS) is 21.6. The molecule has 2 aromatic heterocycles. The summed E-state index contributed by atoms with van der Waals surface area (Å²) in [5.74, 6) is 1.10. The molecule has 3 aliphatic heterocycles. The molecule has 2 atom stereocenters. The van der Waals surface area contributed by atoms with E-state index < -0.39 is 17.9 Å². The number of amides is 1. The van der Waals surface area contributed by atoms with E-state index in [4.69, 9.17) is 14.2 Å². The lowest BCUT2D eigenvalue weighted by molar-refractivity contribution is -0.137. The Hall–Kier alpha value is -3.58. The van der Waals surface area contributed by atoms with E-state index >= 15 is 0 Å². The Morgan fingerprint density at radius 2 is 1.84 bits per heavy atom. The highest BCUT2D eigenvalue weighted by molar-refractivity contribution is 5.95. The fourth-order valence-corrected chi connectivity index (χ4v) is 6.11. The average Bonchev–Trinajstić information content (AvgIpc) is 3.43. The molecule has 2 saturated heterocycles. The second kappa shape index (κ2) is 11.8. The molecule has 1 N–H and O–H groups in total. The highest BCUT2D eigenvalue weighted by atomic mass is 19.4. The quantitative estimate of drug-likeness (QED) is 0.422. The van der Waals surface area contributed by atoms with Crippen LogP contribution in [0.1, 0.15) is 57.8 Å². The first-order valence-electron chi connectivity index (χ1n) is 14.6. The second-order valence-electron chi connectivity index (χ2n) is 11.5. The van der Waals surface area contributed by atoms with E-state index in [1.165, 1.54) is 12.1 Å². The van der Waals surface area contributed by atoms with Crippen LogP contribution in [0.25, 0.3) is 11.5 Å². The van der Waals surface area contributed by atoms with E-state index in [1.807, 2.05) is 4.90 Å². The van der Waals surface area contributed by atoms with Gasteiger partial charge in [-0.2, -0.15) is 13.2 Å². The molecule has 0 spiro atoms. The fourth-order valence-electron chi connectivity index (χ4n) is 6.11. The first kappa shape index (κ1) is 29.5. The van der Waals surface area contributed by atoms with E-state index in [0.29, 0.717) is 86.9 Å². The lowest BCUT2D eigenvalue weighted by Crippen LogP contribution is -2.52. The Balaban J connectivity index is 1.24. The minimum Gasteiger partial charge on any atom is -0.378 e. The lowest BCUT2D eigenvalue weighted by atomic mass is 9.96. The SMILES string of the molecule is Cc1cc(-c2nc(C(=O)N3CCC(NC4CCOCC4F)CC3)c(C)c(N3CCc4cc(C(F)(F)F)ccc4C3)n2)no1. The van der Waals surface area contributed by atoms with Crippen molar-refractivity contribution in [3.8, 4) is 11.5 Å². The molecule has 0 aliphatic carbocycles. The van der Waals surface area contributed by atoms with E-state index in [0.717, 1.165) is 11.6 Å². The summed E-state index contributed by atoms with van der Waals surface area (Å²) < 4.78 is 64.5. The van der Waals surface area contributed by atoms with Gasteiger partial charge in [0.1, 0.15) is 23.4 Å². The molecule has 2 unspecified atom stereocenters. The van der Waals surface area contributed by atoms with Crippen LogP contribution in [0.4, 0.5) is 23.4 Å². The molecule has 230 valence electrons. The predicted molar refractivity (Wildman–Crippen MR) is 149 cm³/mol. The molecule has 3 aliphatic rings. The third kappa shape index (κ3) is 6.23. The number of hydrogen-bond acceptors (Lipinski definition) is 8. The maximum absolute atomic E-state index is 14.3. The number of rotatable bonds is 5. The topological polar surface area (TPSA) is 96.6 Å². The van der Waals surface area contributed by atoms with Crippen molar-refractivity contribution in [2.45, 2.75) is 70.5 Å². The number of hydrogen-bond donors (Lipinski definition) is 1. The summed E-state index contributed by atoms with van der Waals surface area (Å²) in [6.07, 6.45) is -3.05. The smallest absolute Gasteiger partial charge is 0.378 e. The third-order valence-corrected chi connectivity index (χ3v) is 8.54. The molecule has 2 fully saturated rings. The molecular weight excluding hydrogens is 568 g/mol. The highest BCUT2D eigenvalue weighted by Crippen LogP contribution is 2.34. The van der Waals surface area contributed by atoms with E-state index in [2.05, 4.69) is 15.5 Å². The van der Waals surface area contributed by atoms with Gasteiger partial charge < -0.3 is 24.4 Å². The summed E-state index contributed by atoms with van der Waals surface area (Å²) in [6, 6.07) is 5.38. The van der Waals surface area contributed by atoms with Gasteiger partial charge >= 0.3 is 6.18 Å². The molecule has 43 heavy (non-hydrogen) atoms. The Labute approximate surface area is 246 Å². The summed E-state index contributed by atoms with van der Waals surface area (Å²) in [6.45, 7) is 5.94. The number of nitrogens with one attached hydrogen (secondary N) is 1. The van der Waals surface area contributed by atoms with Crippen molar-refractivity contribution in [3.63, 3.8) is 0 Å². The zero-order valence-corrected chi connectivity index (χ0v) is 24.1. The number of alkyl halides is 4. The minimum atomic E-state index is -4.40. The van der Waals surface area contributed by atoms with Crippen molar-refractivity contribution in [2.24, 2.45) is 0 Å². The predicted octanol–water partition coefficient (Wildman–Crippen LogP) is 4.65. The van der Waals surface area contributed by atoms with Crippen LogP contribution in [-0.4, -0.2) is 77.0 Å². The molecule has 9 nitrogen and oxygen atoms in total. The Kier molecular flexibility index (Phi) is 8.12. The van der Waals surface area contributed by atoms with Crippen molar-refractivity contribution in [3.05, 3.63) is 58.0 Å². The van der Waals surface area contributed by atoms with Gasteiger partial charge in [0.05, 0.1) is 12.2 Å². The van der Waals surface area contributed by atoms with Gasteiger partial charge in [-0.3, -0.25) is 4.79 Å². The van der Waals surface area contributed by atoms with Crippen molar-refractivity contribution >= 4 is 11.7 Å². The molecule has 6 rings (SSSR count). The molecule has 5 heterocycles. The maximum atomic E-state index is 14.3. The van der Waals surface area contributed by atoms with E-state index in [9.17, 15) is 22.4 Å². The summed E-state index contributed by atoms with van der Waals surface area (Å²) in [7, 11) is 0. The number of piperidine rings is 1. The molecule has 0 saturated carbocycles. The van der Waals surface area contributed by atoms with Crippen LogP contribution < -0.4 is 10.2 Å². The number of aryl methyl sites for hydroxylation is 1. The number of likely N-dealkylation sites (tertiary alicyclic amines) is 1. The number of fused-ring (bicyclic) bond motifs is 1. The summed E-state index contributed by atoms with van der Waals surface area (Å²) >= 11 is 0. The van der Waals surface area contributed by atoms with Gasteiger partial charge in [0.15, 0.2) is 11.5 Å². The molecule has 13 heteroatoms. The van der Waals surface area contributed by atoms with E-state index in [-0.39, 0.29) is 36.1 Å². The number of carbonyl (C=O) groups excluding carboxylic acids is 1. The second-order valence-corrected chi connectivity index (χ2v) is 11.5. The summed E-state index contributed by atoms with van der Waals surface area (Å²) in [5.41, 5.74) is 1.99. The average molecular weight is 603 g/mol. The first-order chi connectivity index (χ1) is 20.6. The Morgan fingerprint density at radius 3 is 2.53 bits per heavy atom. The van der Waals surface area contributed by atoms with Crippen molar-refractivity contribution < 1.29 is 31.6 Å². The highest BCUT2D eigenvalue weighted by Gasteiger charge is 2.34. The van der Waals surface area contributed by atoms with E-state index in [1.54, 1.807) is 24.8 Å². The number of benzene rings is 1. The first-order valence-corrected chi connectivity index (χ1v) is 14.6. The maximum Gasteiger partial charge on any atom is 0.416 e. The van der Waals surface area contributed by atoms with Crippen molar-refractivity contribution in [1.29, 1.82) is 0 Å². The van der Waals surface area contributed by atoms with Gasteiger partial charge in [0.2, 0.25) is 0 Å². The Bertz CT molecular complexity index is 1490. The summed E-state index contributed by atoms with van der Waals surface area (Å²) in [5, 5.41) is 7.47. The number of aromatic nitrogens is 3. The Morgan fingerprint density at radius 1 is 1.05 bits per heavy atom. The van der Waals surface area contributed by atoms with Crippen LogP contribution in [0.5, 0.6) is 0 Å². The molecule has 1 aromatic carbocycles. The lowest BCUT2D eigenvalue weighted by Gasteiger charge is -2.37. The van der Waals surface area contributed by atoms with Crippen LogP contribution in [0.15, 0.2) is 28.8 Å². The van der Waals surface area contributed by atoms with Crippen LogP contribution in [0.2, 0.25) is 0 Å². The number of nitrogens with zero attached hydrogens (tertiary/aromatic N) is 5. The van der Waals surface area contributed by atoms with Gasteiger partial charge in [-0.05, 0) is 62.8 Å². The van der Waals surface area contributed by atoms with Crippen LogP contribution in [-0.2, 0) is 23.9 Å². The summed E-state index contributed by atoms with van der Waals surface area (Å²) in [4.78, 5) is 27.0. The fraction of sp³-hybridized carbons (Fsp3) is 0.533. The molecule has 0 radical (unpaired) electrons.